The summed E-state index contributed by atoms with van der Waals surface area (Å²) in [5, 5.41) is 0. The topological polar surface area (TPSA) is 60.9 Å². The first-order valence-electron chi connectivity index (χ1n) is 9.27. The fraction of sp³-hybridized carbons (Fsp3) is 0.684. The highest BCUT2D eigenvalue weighted by Gasteiger charge is 2.49. The van der Waals surface area contributed by atoms with Crippen LogP contribution in [0.1, 0.15) is 36.0 Å². The molecule has 0 bridgehead atoms. The summed E-state index contributed by atoms with van der Waals surface area (Å²) >= 11 is 0. The van der Waals surface area contributed by atoms with E-state index in [2.05, 4.69) is 4.98 Å². The second-order valence-electron chi connectivity index (χ2n) is 7.43. The molecule has 1 atom stereocenters. The molecule has 3 fully saturated rings. The van der Waals surface area contributed by atoms with Crippen LogP contribution >= 0.6 is 0 Å². The number of ether oxygens (including phenoxy) is 3. The Hall–Kier alpha value is -1.50. The number of hydrogen-bond acceptors (Lipinski definition) is 5. The normalized spacial score (nSPS) is 26.4. The molecule has 0 unspecified atom stereocenters. The highest BCUT2D eigenvalue weighted by molar-refractivity contribution is 5.94. The molecule has 1 spiro atoms. The SMILES string of the molecule is O=C(c1ccncc1)N1CC2(C[C@H](OCC3CCOCC3)CCO2)C1. The van der Waals surface area contributed by atoms with Crippen molar-refractivity contribution in [1.82, 2.24) is 9.88 Å². The Morgan fingerprint density at radius 3 is 2.72 bits per heavy atom. The second-order valence-corrected chi connectivity index (χ2v) is 7.43. The molecule has 25 heavy (non-hydrogen) atoms. The zero-order valence-corrected chi connectivity index (χ0v) is 14.6. The molecule has 4 heterocycles. The van der Waals surface area contributed by atoms with Crippen molar-refractivity contribution in [1.29, 1.82) is 0 Å². The Kier molecular flexibility index (Phi) is 5.01. The zero-order valence-electron chi connectivity index (χ0n) is 14.6. The van der Waals surface area contributed by atoms with Crippen molar-refractivity contribution in [2.75, 3.05) is 39.5 Å². The van der Waals surface area contributed by atoms with Crippen LogP contribution in [0.15, 0.2) is 24.5 Å². The van der Waals surface area contributed by atoms with Crippen LogP contribution in [-0.2, 0) is 14.2 Å². The summed E-state index contributed by atoms with van der Waals surface area (Å²) in [7, 11) is 0. The maximum absolute atomic E-state index is 12.5. The molecule has 3 aliphatic heterocycles. The Balaban J connectivity index is 1.26. The molecular formula is C19H26N2O4. The smallest absolute Gasteiger partial charge is 0.254 e. The number of aromatic nitrogens is 1. The van der Waals surface area contributed by atoms with Gasteiger partial charge < -0.3 is 19.1 Å². The van der Waals surface area contributed by atoms with E-state index in [0.717, 1.165) is 52.1 Å². The van der Waals surface area contributed by atoms with Gasteiger partial charge in [0.1, 0.15) is 5.60 Å². The lowest BCUT2D eigenvalue weighted by molar-refractivity contribution is -0.188. The number of pyridine rings is 1. The third kappa shape index (κ3) is 3.86. The van der Waals surface area contributed by atoms with Crippen molar-refractivity contribution in [3.8, 4) is 0 Å². The van der Waals surface area contributed by atoms with E-state index in [4.69, 9.17) is 14.2 Å². The predicted octanol–water partition coefficient (Wildman–Crippen LogP) is 1.90. The second kappa shape index (κ2) is 7.40. The van der Waals surface area contributed by atoms with Crippen molar-refractivity contribution >= 4 is 5.91 Å². The average molecular weight is 346 g/mol. The first-order chi connectivity index (χ1) is 12.2. The molecule has 3 aliphatic rings. The highest BCUT2D eigenvalue weighted by atomic mass is 16.5. The quantitative estimate of drug-likeness (QED) is 0.833. The van der Waals surface area contributed by atoms with Gasteiger partial charge in [0.15, 0.2) is 0 Å². The van der Waals surface area contributed by atoms with Gasteiger partial charge in [0.05, 0.1) is 19.2 Å². The van der Waals surface area contributed by atoms with E-state index in [1.54, 1.807) is 24.5 Å². The van der Waals surface area contributed by atoms with Crippen molar-refractivity contribution in [2.45, 2.75) is 37.4 Å². The van der Waals surface area contributed by atoms with Gasteiger partial charge in [-0.25, -0.2) is 0 Å². The Bertz CT molecular complexity index is 582. The molecule has 6 heteroatoms. The molecule has 136 valence electrons. The number of hydrogen-bond donors (Lipinski definition) is 0. The standard InChI is InChI=1S/C19H26N2O4/c22-18(16-1-6-20-7-2-16)21-13-19(14-21)11-17(5-10-25-19)24-12-15-3-8-23-9-4-15/h1-2,6-7,15,17H,3-5,8-14H2/t17-/m1/s1. The van der Waals surface area contributed by atoms with Crippen LogP contribution in [0.2, 0.25) is 0 Å². The Labute approximate surface area is 148 Å². The van der Waals surface area contributed by atoms with Crippen LogP contribution < -0.4 is 0 Å². The summed E-state index contributed by atoms with van der Waals surface area (Å²) in [6, 6.07) is 3.52. The number of amides is 1. The van der Waals surface area contributed by atoms with Gasteiger partial charge in [-0.2, -0.15) is 0 Å². The lowest BCUT2D eigenvalue weighted by atomic mass is 9.84. The van der Waals surface area contributed by atoms with Crippen LogP contribution in [0.25, 0.3) is 0 Å². The van der Waals surface area contributed by atoms with E-state index in [1.807, 2.05) is 4.90 Å². The first-order valence-corrected chi connectivity index (χ1v) is 9.27. The minimum atomic E-state index is -0.207. The van der Waals surface area contributed by atoms with E-state index >= 15 is 0 Å². The van der Waals surface area contributed by atoms with Crippen molar-refractivity contribution in [2.24, 2.45) is 5.92 Å². The monoisotopic (exact) mass is 346 g/mol. The number of carbonyl (C=O) groups is 1. The Morgan fingerprint density at radius 2 is 1.96 bits per heavy atom. The predicted molar refractivity (Wildman–Crippen MR) is 91.3 cm³/mol. The van der Waals surface area contributed by atoms with Gasteiger partial charge in [0.25, 0.3) is 5.91 Å². The van der Waals surface area contributed by atoms with Crippen LogP contribution in [0.4, 0.5) is 0 Å². The van der Waals surface area contributed by atoms with Gasteiger partial charge in [0.2, 0.25) is 0 Å². The van der Waals surface area contributed by atoms with Gasteiger partial charge >= 0.3 is 0 Å². The van der Waals surface area contributed by atoms with E-state index in [-0.39, 0.29) is 17.6 Å². The van der Waals surface area contributed by atoms with Gasteiger partial charge in [0, 0.05) is 50.8 Å². The van der Waals surface area contributed by atoms with Gasteiger partial charge in [-0.3, -0.25) is 9.78 Å². The summed E-state index contributed by atoms with van der Waals surface area (Å²) in [6.07, 6.45) is 7.58. The van der Waals surface area contributed by atoms with Crippen molar-refractivity contribution in [3.63, 3.8) is 0 Å². The van der Waals surface area contributed by atoms with E-state index < -0.39 is 0 Å². The third-order valence-electron chi connectivity index (χ3n) is 5.53. The van der Waals surface area contributed by atoms with Crippen molar-refractivity contribution in [3.05, 3.63) is 30.1 Å². The van der Waals surface area contributed by atoms with Crippen LogP contribution in [0.3, 0.4) is 0 Å². The molecule has 6 nitrogen and oxygen atoms in total. The highest BCUT2D eigenvalue weighted by Crippen LogP contribution is 2.36. The molecule has 0 radical (unpaired) electrons. The van der Waals surface area contributed by atoms with Gasteiger partial charge in [-0.1, -0.05) is 0 Å². The maximum atomic E-state index is 12.5. The minimum Gasteiger partial charge on any atom is -0.381 e. The third-order valence-corrected chi connectivity index (χ3v) is 5.53. The summed E-state index contributed by atoms with van der Waals surface area (Å²) < 4.78 is 17.6. The van der Waals surface area contributed by atoms with E-state index in [1.165, 1.54) is 0 Å². The molecule has 3 saturated heterocycles. The summed E-state index contributed by atoms with van der Waals surface area (Å²) in [6.45, 7) is 4.58. The molecule has 0 aliphatic carbocycles. The van der Waals surface area contributed by atoms with Crippen molar-refractivity contribution < 1.29 is 19.0 Å². The molecule has 0 aromatic carbocycles. The number of rotatable bonds is 4. The van der Waals surface area contributed by atoms with Gasteiger partial charge in [-0.05, 0) is 37.3 Å². The molecule has 1 amide bonds. The molecule has 0 N–H and O–H groups in total. The largest absolute Gasteiger partial charge is 0.381 e. The molecular weight excluding hydrogens is 320 g/mol. The zero-order chi connectivity index (χ0) is 17.1. The molecule has 4 rings (SSSR count). The maximum Gasteiger partial charge on any atom is 0.254 e. The molecule has 1 aromatic rings. The van der Waals surface area contributed by atoms with E-state index in [9.17, 15) is 4.79 Å². The average Bonchev–Trinajstić information content (AvgIpc) is 2.65. The van der Waals surface area contributed by atoms with Crippen LogP contribution in [0.5, 0.6) is 0 Å². The van der Waals surface area contributed by atoms with Gasteiger partial charge in [-0.15, -0.1) is 0 Å². The fourth-order valence-corrected chi connectivity index (χ4v) is 4.00. The molecule has 1 aromatic heterocycles. The fourth-order valence-electron chi connectivity index (χ4n) is 4.00. The molecule has 0 saturated carbocycles. The number of carbonyl (C=O) groups excluding carboxylic acids is 1. The minimum absolute atomic E-state index is 0.0573. The number of likely N-dealkylation sites (tertiary alicyclic amines) is 1. The van der Waals surface area contributed by atoms with E-state index in [0.29, 0.717) is 24.6 Å². The summed E-state index contributed by atoms with van der Waals surface area (Å²) in [5.41, 5.74) is 0.481. The lowest BCUT2D eigenvalue weighted by Gasteiger charge is -2.53. The first kappa shape index (κ1) is 16.9. The summed E-state index contributed by atoms with van der Waals surface area (Å²) in [4.78, 5) is 18.3. The van der Waals surface area contributed by atoms with Crippen LogP contribution in [0, 0.1) is 5.92 Å². The Morgan fingerprint density at radius 1 is 1.20 bits per heavy atom. The summed E-state index contributed by atoms with van der Waals surface area (Å²) in [5.74, 6) is 0.681. The lowest BCUT2D eigenvalue weighted by Crippen LogP contribution is -2.67. The van der Waals surface area contributed by atoms with Crippen LogP contribution in [-0.4, -0.2) is 67.0 Å². The number of nitrogens with zero attached hydrogens (tertiary/aromatic N) is 2.